The van der Waals surface area contributed by atoms with Crippen LogP contribution >= 0.6 is 0 Å². The van der Waals surface area contributed by atoms with Gasteiger partial charge in [0.15, 0.2) is 0 Å². The summed E-state index contributed by atoms with van der Waals surface area (Å²) in [4.78, 5) is 21.8. The lowest BCUT2D eigenvalue weighted by Gasteiger charge is -2.07. The number of carbonyl (C=O) groups excluding carboxylic acids is 1. The Hall–Kier alpha value is -2.96. The molecule has 0 fully saturated rings. The first kappa shape index (κ1) is 16.4. The number of anilines is 1. The van der Waals surface area contributed by atoms with Gasteiger partial charge in [-0.2, -0.15) is 0 Å². The molecule has 23 heavy (non-hydrogen) atoms. The number of benzene rings is 2. The van der Waals surface area contributed by atoms with E-state index in [2.05, 4.69) is 5.32 Å². The van der Waals surface area contributed by atoms with Gasteiger partial charge in [0.25, 0.3) is 5.69 Å². The smallest absolute Gasteiger partial charge is 0.271 e. The maximum Gasteiger partial charge on any atom is 0.271 e. The van der Waals surface area contributed by atoms with E-state index in [0.29, 0.717) is 18.8 Å². The fourth-order valence-corrected chi connectivity index (χ4v) is 1.87. The van der Waals surface area contributed by atoms with E-state index in [1.807, 2.05) is 18.2 Å². The van der Waals surface area contributed by atoms with Gasteiger partial charge < -0.3 is 10.1 Å². The molecule has 2 aromatic carbocycles. The molecule has 0 aliphatic heterocycles. The minimum absolute atomic E-state index is 0.120. The van der Waals surface area contributed by atoms with Crippen molar-refractivity contribution in [3.8, 4) is 5.75 Å². The van der Waals surface area contributed by atoms with Gasteiger partial charge >= 0.3 is 0 Å². The van der Waals surface area contributed by atoms with Gasteiger partial charge in [0.2, 0.25) is 5.91 Å². The van der Waals surface area contributed by atoms with Gasteiger partial charge in [-0.1, -0.05) is 18.2 Å². The van der Waals surface area contributed by atoms with E-state index in [4.69, 9.17) is 4.74 Å². The number of nitro benzene ring substituents is 1. The van der Waals surface area contributed by atoms with Crippen LogP contribution in [0.15, 0.2) is 48.5 Å². The first-order valence-corrected chi connectivity index (χ1v) is 6.98. The molecule has 0 atom stereocenters. The molecule has 0 bridgehead atoms. The number of nitrogens with zero attached hydrogens (tertiary/aromatic N) is 1. The highest BCUT2D eigenvalue weighted by molar-refractivity contribution is 5.91. The summed E-state index contributed by atoms with van der Waals surface area (Å²) in [6.45, 7) is 0.342. The number of ether oxygens (including phenoxy) is 1. The molecule has 2 rings (SSSR count). The predicted octanol–water partition coefficient (Wildman–Crippen LogP) is 3.53. The number of non-ortho nitro benzene ring substituents is 1. The lowest BCUT2D eigenvalue weighted by Crippen LogP contribution is -2.14. The summed E-state index contributed by atoms with van der Waals surface area (Å²) in [6.07, 6.45) is 0.562. The maximum absolute atomic E-state index is 13.5. The van der Waals surface area contributed by atoms with Crippen LogP contribution in [0.2, 0.25) is 0 Å². The van der Waals surface area contributed by atoms with Gasteiger partial charge in [-0.25, -0.2) is 4.39 Å². The van der Waals surface area contributed by atoms with Crippen molar-refractivity contribution < 1.29 is 18.8 Å². The molecule has 0 radical (unpaired) electrons. The fraction of sp³-hybridized carbons (Fsp3) is 0.188. The van der Waals surface area contributed by atoms with Gasteiger partial charge in [-0.05, 0) is 24.6 Å². The third-order valence-corrected chi connectivity index (χ3v) is 2.99. The molecule has 0 saturated heterocycles. The van der Waals surface area contributed by atoms with Gasteiger partial charge in [0.05, 0.1) is 17.2 Å². The van der Waals surface area contributed by atoms with E-state index in [0.717, 1.165) is 18.2 Å². The number of para-hydroxylation sites is 1. The zero-order valence-corrected chi connectivity index (χ0v) is 12.2. The monoisotopic (exact) mass is 318 g/mol. The van der Waals surface area contributed by atoms with Gasteiger partial charge in [0.1, 0.15) is 11.6 Å². The number of carbonyl (C=O) groups is 1. The van der Waals surface area contributed by atoms with Gasteiger partial charge in [-0.3, -0.25) is 14.9 Å². The zero-order chi connectivity index (χ0) is 16.7. The molecule has 0 unspecified atom stereocenters. The average molecular weight is 318 g/mol. The molecule has 0 spiro atoms. The van der Waals surface area contributed by atoms with E-state index in [1.54, 1.807) is 12.1 Å². The molecule has 2 aromatic rings. The molecule has 0 aromatic heterocycles. The van der Waals surface area contributed by atoms with Crippen molar-refractivity contribution in [1.82, 2.24) is 0 Å². The Balaban J connectivity index is 1.81. The molecule has 0 heterocycles. The van der Waals surface area contributed by atoms with Crippen molar-refractivity contribution in [3.63, 3.8) is 0 Å². The van der Waals surface area contributed by atoms with Crippen molar-refractivity contribution in [2.75, 3.05) is 11.9 Å². The number of halogens is 1. The summed E-state index contributed by atoms with van der Waals surface area (Å²) in [5, 5.41) is 13.0. The second kappa shape index (κ2) is 7.88. The van der Waals surface area contributed by atoms with E-state index in [1.165, 1.54) is 0 Å². The van der Waals surface area contributed by atoms with E-state index < -0.39 is 16.6 Å². The molecule has 0 aliphatic carbocycles. The van der Waals surface area contributed by atoms with Crippen LogP contribution in [-0.4, -0.2) is 17.4 Å². The number of hydrogen-bond donors (Lipinski definition) is 1. The first-order chi connectivity index (χ1) is 11.1. The summed E-state index contributed by atoms with van der Waals surface area (Å²) < 4.78 is 19.0. The molecule has 120 valence electrons. The normalized spacial score (nSPS) is 10.1. The second-order valence-electron chi connectivity index (χ2n) is 4.73. The lowest BCUT2D eigenvalue weighted by atomic mass is 10.2. The zero-order valence-electron chi connectivity index (χ0n) is 12.2. The average Bonchev–Trinajstić information content (AvgIpc) is 2.54. The summed E-state index contributed by atoms with van der Waals surface area (Å²) in [6, 6.07) is 12.1. The molecule has 0 saturated carbocycles. The highest BCUT2D eigenvalue weighted by Gasteiger charge is 2.13. The standard InChI is InChI=1S/C16H15FN2O4/c17-14-9-8-12(19(21)22)11-15(14)18-16(20)7-4-10-23-13-5-2-1-3-6-13/h1-3,5-6,8-9,11H,4,7,10H2,(H,18,20). The third-order valence-electron chi connectivity index (χ3n) is 2.99. The molecule has 0 aliphatic rings. The summed E-state index contributed by atoms with van der Waals surface area (Å²) in [7, 11) is 0. The molecular formula is C16H15FN2O4. The summed E-state index contributed by atoms with van der Waals surface area (Å²) >= 11 is 0. The van der Waals surface area contributed by atoms with E-state index >= 15 is 0 Å². The van der Waals surface area contributed by atoms with Crippen LogP contribution in [0.5, 0.6) is 5.75 Å². The molecule has 1 amide bonds. The fourth-order valence-electron chi connectivity index (χ4n) is 1.87. The Morgan fingerprint density at radius 3 is 2.65 bits per heavy atom. The Morgan fingerprint density at radius 1 is 1.22 bits per heavy atom. The SMILES string of the molecule is O=C(CCCOc1ccccc1)Nc1cc([N+](=O)[O-])ccc1F. The second-order valence-corrected chi connectivity index (χ2v) is 4.73. The van der Waals surface area contributed by atoms with Crippen LogP contribution in [0.1, 0.15) is 12.8 Å². The molecular weight excluding hydrogens is 303 g/mol. The maximum atomic E-state index is 13.5. The van der Waals surface area contributed by atoms with E-state index in [9.17, 15) is 19.3 Å². The van der Waals surface area contributed by atoms with Crippen molar-refractivity contribution >= 4 is 17.3 Å². The molecule has 6 nitrogen and oxygen atoms in total. The quantitative estimate of drug-likeness (QED) is 0.481. The Bertz CT molecular complexity index is 692. The number of nitrogens with one attached hydrogen (secondary N) is 1. The Kier molecular flexibility index (Phi) is 5.62. The lowest BCUT2D eigenvalue weighted by molar-refractivity contribution is -0.384. The van der Waals surface area contributed by atoms with Crippen molar-refractivity contribution in [1.29, 1.82) is 0 Å². The Morgan fingerprint density at radius 2 is 1.96 bits per heavy atom. The number of amides is 1. The van der Waals surface area contributed by atoms with Crippen LogP contribution in [0.4, 0.5) is 15.8 Å². The summed E-state index contributed by atoms with van der Waals surface area (Å²) in [5.74, 6) is -0.441. The third kappa shape index (κ3) is 5.06. The first-order valence-electron chi connectivity index (χ1n) is 6.98. The minimum Gasteiger partial charge on any atom is -0.494 e. The van der Waals surface area contributed by atoms with E-state index in [-0.39, 0.29) is 17.8 Å². The van der Waals surface area contributed by atoms with Crippen molar-refractivity contribution in [2.24, 2.45) is 0 Å². The highest BCUT2D eigenvalue weighted by atomic mass is 19.1. The Labute approximate surface area is 132 Å². The van der Waals surface area contributed by atoms with Crippen molar-refractivity contribution in [2.45, 2.75) is 12.8 Å². The van der Waals surface area contributed by atoms with Gasteiger partial charge in [-0.15, -0.1) is 0 Å². The number of rotatable bonds is 7. The summed E-state index contributed by atoms with van der Waals surface area (Å²) in [5.41, 5.74) is -0.484. The van der Waals surface area contributed by atoms with Crippen LogP contribution < -0.4 is 10.1 Å². The van der Waals surface area contributed by atoms with Crippen LogP contribution in [0.25, 0.3) is 0 Å². The van der Waals surface area contributed by atoms with Crippen LogP contribution in [0.3, 0.4) is 0 Å². The van der Waals surface area contributed by atoms with Crippen molar-refractivity contribution in [3.05, 3.63) is 64.5 Å². The predicted molar refractivity (Wildman–Crippen MR) is 82.9 cm³/mol. The topological polar surface area (TPSA) is 81.5 Å². The molecule has 1 N–H and O–H groups in total. The number of nitro groups is 1. The minimum atomic E-state index is -0.718. The van der Waals surface area contributed by atoms with Crippen LogP contribution in [-0.2, 0) is 4.79 Å². The van der Waals surface area contributed by atoms with Gasteiger partial charge in [0, 0.05) is 18.6 Å². The van der Waals surface area contributed by atoms with Crippen LogP contribution in [0, 0.1) is 15.9 Å². The molecule has 7 heteroatoms. The number of hydrogen-bond acceptors (Lipinski definition) is 4. The highest BCUT2D eigenvalue weighted by Crippen LogP contribution is 2.21. The largest absolute Gasteiger partial charge is 0.494 e.